The van der Waals surface area contributed by atoms with Crippen LogP contribution in [-0.4, -0.2) is 31.1 Å². The fraction of sp³-hybridized carbons (Fsp3) is 0.238. The summed E-state index contributed by atoms with van der Waals surface area (Å²) in [5, 5.41) is 0.804. The highest BCUT2D eigenvalue weighted by atomic mass is 35.5. The van der Waals surface area contributed by atoms with Crippen LogP contribution in [0.5, 0.6) is 11.5 Å². The fourth-order valence-electron chi connectivity index (χ4n) is 3.79. The van der Waals surface area contributed by atoms with Gasteiger partial charge in [-0.2, -0.15) is 0 Å². The minimum Gasteiger partial charge on any atom is -0.493 e. The van der Waals surface area contributed by atoms with Crippen molar-refractivity contribution in [2.75, 3.05) is 20.8 Å². The minimum absolute atomic E-state index is 0. The maximum Gasteiger partial charge on any atom is 0.259 e. The molecule has 0 fully saturated rings. The molecule has 1 aliphatic rings. The SMILES string of the molecule is COc1cc2c3c(n(CCCN)c(=O)c2cc1OC)-c1ccc(F)cc1C3=O.Cl. The lowest BCUT2D eigenvalue weighted by atomic mass is 10.0. The number of rotatable bonds is 5. The van der Waals surface area contributed by atoms with Gasteiger partial charge in [-0.15, -0.1) is 12.4 Å². The molecule has 8 heteroatoms. The zero-order chi connectivity index (χ0) is 20.0. The quantitative estimate of drug-likeness (QED) is 0.538. The van der Waals surface area contributed by atoms with Crippen molar-refractivity contribution in [1.29, 1.82) is 0 Å². The number of carbonyl (C=O) groups is 1. The second-order valence-electron chi connectivity index (χ2n) is 6.59. The first kappa shape index (κ1) is 20.8. The molecule has 0 saturated heterocycles. The largest absolute Gasteiger partial charge is 0.493 e. The smallest absolute Gasteiger partial charge is 0.259 e. The highest BCUT2D eigenvalue weighted by Crippen LogP contribution is 2.42. The maximum atomic E-state index is 13.8. The van der Waals surface area contributed by atoms with Crippen molar-refractivity contribution >= 4 is 29.0 Å². The number of carbonyl (C=O) groups excluding carboxylic acids is 1. The predicted octanol–water partition coefficient (Wildman–Crippen LogP) is 3.14. The average Bonchev–Trinajstić information content (AvgIpc) is 2.99. The summed E-state index contributed by atoms with van der Waals surface area (Å²) in [5.74, 6) is -0.0137. The van der Waals surface area contributed by atoms with Crippen molar-refractivity contribution in [3.8, 4) is 22.8 Å². The Bertz CT molecular complexity index is 1190. The van der Waals surface area contributed by atoms with E-state index in [0.29, 0.717) is 58.6 Å². The molecule has 6 nitrogen and oxygen atoms in total. The van der Waals surface area contributed by atoms with E-state index in [2.05, 4.69) is 0 Å². The van der Waals surface area contributed by atoms with Crippen LogP contribution in [0.2, 0.25) is 0 Å². The Labute approximate surface area is 172 Å². The summed E-state index contributed by atoms with van der Waals surface area (Å²) in [4.78, 5) is 26.5. The first-order chi connectivity index (χ1) is 13.5. The molecular formula is C21H20ClFN2O4. The van der Waals surface area contributed by atoms with Gasteiger partial charge in [0.1, 0.15) is 5.82 Å². The van der Waals surface area contributed by atoms with Crippen molar-refractivity contribution in [3.63, 3.8) is 0 Å². The number of ketones is 1. The molecule has 0 radical (unpaired) electrons. The van der Waals surface area contributed by atoms with E-state index >= 15 is 0 Å². The summed E-state index contributed by atoms with van der Waals surface area (Å²) >= 11 is 0. The van der Waals surface area contributed by atoms with Crippen LogP contribution in [0, 0.1) is 5.82 Å². The second kappa shape index (κ2) is 7.85. The summed E-state index contributed by atoms with van der Waals surface area (Å²) in [7, 11) is 2.96. The molecule has 1 aliphatic carbocycles. The summed E-state index contributed by atoms with van der Waals surface area (Å²) in [5.41, 5.74) is 7.05. The van der Waals surface area contributed by atoms with E-state index in [0.717, 1.165) is 0 Å². The van der Waals surface area contributed by atoms with E-state index in [1.807, 2.05) is 0 Å². The number of aromatic nitrogens is 1. The van der Waals surface area contributed by atoms with Gasteiger partial charge in [-0.3, -0.25) is 9.59 Å². The van der Waals surface area contributed by atoms with Gasteiger partial charge >= 0.3 is 0 Å². The molecule has 3 aromatic rings. The molecule has 152 valence electrons. The molecule has 1 aromatic heterocycles. The van der Waals surface area contributed by atoms with Crippen LogP contribution in [0.3, 0.4) is 0 Å². The standard InChI is InChI=1S/C21H19FN2O4.ClH/c1-27-16-9-13-15(10-17(16)28-2)21(26)24(7-3-6-23)19-12-5-4-11(22)8-14(12)20(25)18(13)19;/h4-5,8-10H,3,6-7,23H2,1-2H3;1H. The Morgan fingerprint density at radius 2 is 1.66 bits per heavy atom. The van der Waals surface area contributed by atoms with Crippen molar-refractivity contribution in [2.45, 2.75) is 13.0 Å². The molecule has 0 aliphatic heterocycles. The van der Waals surface area contributed by atoms with Gasteiger partial charge in [-0.25, -0.2) is 4.39 Å². The van der Waals surface area contributed by atoms with Crippen molar-refractivity contribution < 1.29 is 18.7 Å². The Hall–Kier alpha value is -2.90. The van der Waals surface area contributed by atoms with Crippen LogP contribution in [0.15, 0.2) is 35.1 Å². The Morgan fingerprint density at radius 1 is 1.00 bits per heavy atom. The third-order valence-electron chi connectivity index (χ3n) is 5.07. The van der Waals surface area contributed by atoms with Crippen LogP contribution in [0.25, 0.3) is 22.0 Å². The Kier molecular flexibility index (Phi) is 5.64. The molecule has 0 atom stereocenters. The number of halogens is 2. The van der Waals surface area contributed by atoms with E-state index in [-0.39, 0.29) is 29.3 Å². The molecule has 0 bridgehead atoms. The maximum absolute atomic E-state index is 13.8. The number of pyridine rings is 1. The molecule has 0 spiro atoms. The van der Waals surface area contributed by atoms with Gasteiger partial charge in [-0.1, -0.05) is 0 Å². The van der Waals surface area contributed by atoms with Crippen LogP contribution >= 0.6 is 12.4 Å². The van der Waals surface area contributed by atoms with E-state index in [1.54, 1.807) is 22.8 Å². The molecular weight excluding hydrogens is 399 g/mol. The lowest BCUT2D eigenvalue weighted by molar-refractivity contribution is 0.104. The highest BCUT2D eigenvalue weighted by molar-refractivity contribution is 6.26. The summed E-state index contributed by atoms with van der Waals surface area (Å²) in [6.45, 7) is 0.751. The lowest BCUT2D eigenvalue weighted by Gasteiger charge is -2.16. The first-order valence-electron chi connectivity index (χ1n) is 8.89. The molecule has 2 N–H and O–H groups in total. The summed E-state index contributed by atoms with van der Waals surface area (Å²) in [6, 6.07) is 7.24. The van der Waals surface area contributed by atoms with E-state index in [1.165, 1.54) is 26.4 Å². The number of nitrogens with two attached hydrogens (primary N) is 1. The zero-order valence-corrected chi connectivity index (χ0v) is 16.8. The molecule has 1 heterocycles. The third kappa shape index (κ3) is 3.07. The number of hydrogen-bond donors (Lipinski definition) is 1. The Balaban J connectivity index is 0.00000240. The van der Waals surface area contributed by atoms with Gasteiger partial charge in [-0.05, 0) is 43.3 Å². The third-order valence-corrected chi connectivity index (χ3v) is 5.07. The molecule has 2 aromatic carbocycles. The van der Waals surface area contributed by atoms with Crippen LogP contribution < -0.4 is 20.8 Å². The van der Waals surface area contributed by atoms with E-state index < -0.39 is 5.82 Å². The highest BCUT2D eigenvalue weighted by Gasteiger charge is 2.33. The molecule has 0 saturated carbocycles. The second-order valence-corrected chi connectivity index (χ2v) is 6.59. The van der Waals surface area contributed by atoms with Gasteiger partial charge < -0.3 is 19.8 Å². The van der Waals surface area contributed by atoms with Crippen LogP contribution in [0.1, 0.15) is 22.3 Å². The summed E-state index contributed by atoms with van der Waals surface area (Å²) in [6.07, 6.45) is 0.565. The van der Waals surface area contributed by atoms with Crippen molar-refractivity contribution in [2.24, 2.45) is 5.73 Å². The van der Waals surface area contributed by atoms with Gasteiger partial charge in [0.15, 0.2) is 17.3 Å². The first-order valence-corrected chi connectivity index (χ1v) is 8.89. The van der Waals surface area contributed by atoms with Gasteiger partial charge in [0.2, 0.25) is 0 Å². The lowest BCUT2D eigenvalue weighted by Crippen LogP contribution is -2.24. The number of fused-ring (bicyclic) bond motifs is 5. The molecule has 0 amide bonds. The Morgan fingerprint density at radius 3 is 2.28 bits per heavy atom. The van der Waals surface area contributed by atoms with E-state index in [4.69, 9.17) is 15.2 Å². The number of benzene rings is 2. The number of methoxy groups -OCH3 is 2. The normalized spacial score (nSPS) is 11.8. The van der Waals surface area contributed by atoms with Gasteiger partial charge in [0.25, 0.3) is 5.56 Å². The van der Waals surface area contributed by atoms with Crippen LogP contribution in [0.4, 0.5) is 4.39 Å². The number of hydrogen-bond acceptors (Lipinski definition) is 5. The minimum atomic E-state index is -0.501. The topological polar surface area (TPSA) is 83.6 Å². The average molecular weight is 419 g/mol. The predicted molar refractivity (Wildman–Crippen MR) is 111 cm³/mol. The number of nitrogens with zero attached hydrogens (tertiary/aromatic N) is 1. The van der Waals surface area contributed by atoms with Gasteiger partial charge in [0, 0.05) is 23.1 Å². The fourth-order valence-corrected chi connectivity index (χ4v) is 3.79. The van der Waals surface area contributed by atoms with Crippen molar-refractivity contribution in [3.05, 3.63) is 57.6 Å². The zero-order valence-electron chi connectivity index (χ0n) is 16.0. The van der Waals surface area contributed by atoms with Crippen molar-refractivity contribution in [1.82, 2.24) is 4.57 Å². The monoisotopic (exact) mass is 418 g/mol. The van der Waals surface area contributed by atoms with Crippen LogP contribution in [-0.2, 0) is 6.54 Å². The summed E-state index contributed by atoms with van der Waals surface area (Å²) < 4.78 is 26.0. The molecule has 4 rings (SSSR count). The van der Waals surface area contributed by atoms with Gasteiger partial charge in [0.05, 0.1) is 30.9 Å². The molecule has 0 unspecified atom stereocenters. The number of ether oxygens (including phenoxy) is 2. The molecule has 29 heavy (non-hydrogen) atoms. The van der Waals surface area contributed by atoms with E-state index in [9.17, 15) is 14.0 Å².